The maximum Gasteiger partial charge on any atom is 0.223 e. The fraction of sp³-hybridized carbons (Fsp3) is 0.565. The Morgan fingerprint density at radius 1 is 1.33 bits per heavy atom. The second-order valence-electron chi connectivity index (χ2n) is 7.70. The number of amides is 1. The molecule has 0 radical (unpaired) electrons. The highest BCUT2D eigenvalue weighted by Gasteiger charge is 2.19. The van der Waals surface area contributed by atoms with Crippen LogP contribution in [0.25, 0.3) is 0 Å². The number of carbonyl (C=O) groups excluding carboxylic acids is 2. The van der Waals surface area contributed by atoms with Crippen LogP contribution in [0, 0.1) is 17.7 Å². The zero-order chi connectivity index (χ0) is 21.8. The predicted octanol–water partition coefficient (Wildman–Crippen LogP) is 4.59. The molecule has 0 bridgehead atoms. The largest absolute Gasteiger partial charge is 0.490 e. The summed E-state index contributed by atoms with van der Waals surface area (Å²) in [7, 11) is 1.58. The molecule has 2 rings (SSSR count). The van der Waals surface area contributed by atoms with Gasteiger partial charge in [-0.05, 0) is 56.2 Å². The topological polar surface area (TPSA) is 67.4 Å². The average Bonchev–Trinajstić information content (AvgIpc) is 2.71. The van der Waals surface area contributed by atoms with Crippen LogP contribution in [0.3, 0.4) is 0 Å². The molecule has 30 heavy (non-hydrogen) atoms. The number of carbonyl (C=O) groups is 2. The maximum absolute atomic E-state index is 14.0. The van der Waals surface area contributed by atoms with Gasteiger partial charge in [0.1, 0.15) is 6.29 Å². The van der Waals surface area contributed by atoms with E-state index in [4.69, 9.17) is 4.74 Å². The Labute approximate surface area is 183 Å². The van der Waals surface area contributed by atoms with E-state index in [0.29, 0.717) is 24.7 Å². The van der Waals surface area contributed by atoms with Crippen LogP contribution in [0.1, 0.15) is 57.1 Å². The summed E-state index contributed by atoms with van der Waals surface area (Å²) >= 11 is 1.61. The molecule has 2 atom stereocenters. The number of allylic oxidation sites excluding steroid dienone is 2. The summed E-state index contributed by atoms with van der Waals surface area (Å²) in [4.78, 5) is 22.3. The fourth-order valence-electron chi connectivity index (χ4n) is 3.15. The number of ether oxygens (including phenoxy) is 1. The molecule has 2 N–H and O–H groups in total. The molecule has 1 saturated carbocycles. The van der Waals surface area contributed by atoms with E-state index in [0.717, 1.165) is 24.0 Å². The monoisotopic (exact) mass is 436 g/mol. The third kappa shape index (κ3) is 8.11. The van der Waals surface area contributed by atoms with Gasteiger partial charge < -0.3 is 14.8 Å². The van der Waals surface area contributed by atoms with Crippen molar-refractivity contribution in [3.8, 4) is 5.75 Å². The molecule has 0 aliphatic heterocycles. The van der Waals surface area contributed by atoms with Crippen molar-refractivity contribution in [3.63, 3.8) is 0 Å². The molecule has 1 aromatic rings. The SMILES string of the molecule is CNC(=O)C(CC=O)C/C=C/CCSNC(C)c1ccc(F)c(OCC2CCC2)c1. The molecule has 7 heteroatoms. The third-order valence-corrected chi connectivity index (χ3v) is 6.35. The lowest BCUT2D eigenvalue weighted by Crippen LogP contribution is -2.27. The number of rotatable bonds is 14. The third-order valence-electron chi connectivity index (χ3n) is 5.39. The minimum atomic E-state index is -0.312. The summed E-state index contributed by atoms with van der Waals surface area (Å²) in [5.41, 5.74) is 0.991. The van der Waals surface area contributed by atoms with Gasteiger partial charge in [-0.25, -0.2) is 4.39 Å². The van der Waals surface area contributed by atoms with Gasteiger partial charge >= 0.3 is 0 Å². The van der Waals surface area contributed by atoms with Crippen molar-refractivity contribution in [1.82, 2.24) is 10.0 Å². The Hall–Kier alpha value is -1.86. The molecule has 0 aromatic heterocycles. The maximum atomic E-state index is 14.0. The van der Waals surface area contributed by atoms with E-state index in [1.54, 1.807) is 31.1 Å². The van der Waals surface area contributed by atoms with Crippen molar-refractivity contribution in [3.05, 3.63) is 41.7 Å². The Balaban J connectivity index is 1.69. The van der Waals surface area contributed by atoms with E-state index in [-0.39, 0.29) is 30.1 Å². The lowest BCUT2D eigenvalue weighted by Gasteiger charge is -2.25. The molecular formula is C23H33FN2O3S. The summed E-state index contributed by atoms with van der Waals surface area (Å²) in [5.74, 6) is 1.05. The van der Waals surface area contributed by atoms with Gasteiger partial charge in [0.15, 0.2) is 11.6 Å². The molecule has 2 unspecified atom stereocenters. The van der Waals surface area contributed by atoms with Gasteiger partial charge in [-0.2, -0.15) is 0 Å². The van der Waals surface area contributed by atoms with Gasteiger partial charge in [-0.1, -0.05) is 36.6 Å². The summed E-state index contributed by atoms with van der Waals surface area (Å²) in [6, 6.07) is 5.11. The Morgan fingerprint density at radius 2 is 2.13 bits per heavy atom. The molecular weight excluding hydrogens is 403 g/mol. The minimum Gasteiger partial charge on any atom is -0.490 e. The van der Waals surface area contributed by atoms with Gasteiger partial charge in [0.25, 0.3) is 0 Å². The highest BCUT2D eigenvalue weighted by Crippen LogP contribution is 2.29. The second kappa shape index (κ2) is 13.4. The van der Waals surface area contributed by atoms with Crippen molar-refractivity contribution in [1.29, 1.82) is 0 Å². The quantitative estimate of drug-likeness (QED) is 0.193. The molecule has 1 aliphatic carbocycles. The van der Waals surface area contributed by atoms with Crippen LogP contribution in [0.5, 0.6) is 5.75 Å². The highest BCUT2D eigenvalue weighted by molar-refractivity contribution is 7.97. The van der Waals surface area contributed by atoms with E-state index < -0.39 is 0 Å². The second-order valence-corrected chi connectivity index (χ2v) is 8.63. The van der Waals surface area contributed by atoms with Gasteiger partial charge in [0, 0.05) is 31.2 Å². The van der Waals surface area contributed by atoms with E-state index in [9.17, 15) is 14.0 Å². The van der Waals surface area contributed by atoms with E-state index in [1.165, 1.54) is 25.3 Å². The van der Waals surface area contributed by atoms with E-state index in [2.05, 4.69) is 10.0 Å². The van der Waals surface area contributed by atoms with Crippen LogP contribution < -0.4 is 14.8 Å². The Bertz CT molecular complexity index is 710. The van der Waals surface area contributed by atoms with Crippen molar-refractivity contribution < 1.29 is 18.7 Å². The van der Waals surface area contributed by atoms with Crippen molar-refractivity contribution >= 4 is 24.1 Å². The Kier molecular flexibility index (Phi) is 10.9. The minimum absolute atomic E-state index is 0.0656. The first-order valence-corrected chi connectivity index (χ1v) is 11.6. The average molecular weight is 437 g/mol. The lowest BCUT2D eigenvalue weighted by molar-refractivity contribution is -0.126. The van der Waals surface area contributed by atoms with Crippen LogP contribution in [0.15, 0.2) is 30.4 Å². The molecule has 1 aliphatic rings. The summed E-state index contributed by atoms with van der Waals surface area (Å²) in [6.45, 7) is 2.63. The predicted molar refractivity (Wildman–Crippen MR) is 120 cm³/mol. The molecule has 1 aromatic carbocycles. The van der Waals surface area contributed by atoms with Crippen LogP contribution in [0.4, 0.5) is 4.39 Å². The molecule has 1 fully saturated rings. The number of benzene rings is 1. The number of nitrogens with one attached hydrogen (secondary N) is 2. The zero-order valence-electron chi connectivity index (χ0n) is 17.9. The van der Waals surface area contributed by atoms with Crippen molar-refractivity contribution in [2.45, 2.75) is 51.5 Å². The highest BCUT2D eigenvalue weighted by atomic mass is 32.2. The number of aldehydes is 1. The first kappa shape index (κ1) is 24.4. The van der Waals surface area contributed by atoms with Crippen LogP contribution in [0.2, 0.25) is 0 Å². The smallest absolute Gasteiger partial charge is 0.223 e. The summed E-state index contributed by atoms with van der Waals surface area (Å²) < 4.78 is 23.1. The van der Waals surface area contributed by atoms with Gasteiger partial charge in [-0.15, -0.1) is 0 Å². The molecule has 0 spiro atoms. The van der Waals surface area contributed by atoms with Crippen molar-refractivity contribution in [2.24, 2.45) is 11.8 Å². The normalized spacial score (nSPS) is 16.1. The molecule has 0 saturated heterocycles. The molecule has 1 amide bonds. The van der Waals surface area contributed by atoms with Crippen molar-refractivity contribution in [2.75, 3.05) is 19.4 Å². The van der Waals surface area contributed by atoms with Crippen LogP contribution in [-0.4, -0.2) is 31.6 Å². The van der Waals surface area contributed by atoms with Gasteiger partial charge in [0.2, 0.25) is 5.91 Å². The number of hydrogen-bond donors (Lipinski definition) is 2. The summed E-state index contributed by atoms with van der Waals surface area (Å²) in [6.07, 6.45) is 10.0. The van der Waals surface area contributed by atoms with Crippen LogP contribution >= 0.6 is 11.9 Å². The van der Waals surface area contributed by atoms with E-state index >= 15 is 0 Å². The van der Waals surface area contributed by atoms with E-state index in [1.807, 2.05) is 19.1 Å². The summed E-state index contributed by atoms with van der Waals surface area (Å²) in [5, 5.41) is 2.59. The molecule has 5 nitrogen and oxygen atoms in total. The van der Waals surface area contributed by atoms with Gasteiger partial charge in [-0.3, -0.25) is 9.52 Å². The van der Waals surface area contributed by atoms with Gasteiger partial charge in [0.05, 0.1) is 6.61 Å². The lowest BCUT2D eigenvalue weighted by atomic mass is 9.86. The first-order chi connectivity index (χ1) is 14.5. The fourth-order valence-corrected chi connectivity index (χ4v) is 3.91. The Morgan fingerprint density at radius 3 is 2.80 bits per heavy atom. The zero-order valence-corrected chi connectivity index (χ0v) is 18.7. The first-order valence-electron chi connectivity index (χ1n) is 10.6. The standard InChI is InChI=1S/C23H33FN2O3S/c1-17(20-10-11-21(24)22(15-20)29-16-18-7-6-8-18)26-30-14-5-3-4-9-19(12-13-27)23(28)25-2/h3-4,10-11,13,15,17-19,26H,5-9,12,14,16H2,1-2H3,(H,25,28)/b4-3+. The van der Waals surface area contributed by atoms with Crippen LogP contribution in [-0.2, 0) is 9.59 Å². The molecule has 0 heterocycles. The number of hydrogen-bond acceptors (Lipinski definition) is 5. The molecule has 166 valence electrons. The number of halogens is 1.